The Kier molecular flexibility index (Phi) is 6.64. The lowest BCUT2D eigenvalue weighted by Crippen LogP contribution is -2.39. The maximum atomic E-state index is 13.0. The van der Waals surface area contributed by atoms with Crippen molar-refractivity contribution < 1.29 is 9.53 Å². The van der Waals surface area contributed by atoms with Crippen molar-refractivity contribution in [2.45, 2.75) is 44.5 Å². The van der Waals surface area contributed by atoms with E-state index in [1.807, 2.05) is 13.8 Å². The predicted molar refractivity (Wildman–Crippen MR) is 121 cm³/mol. The van der Waals surface area contributed by atoms with Crippen molar-refractivity contribution in [2.24, 2.45) is 13.0 Å². The topological polar surface area (TPSA) is 96.1 Å². The summed E-state index contributed by atoms with van der Waals surface area (Å²) in [7, 11) is 3.01. The third kappa shape index (κ3) is 4.56. The van der Waals surface area contributed by atoms with Crippen LogP contribution in [-0.4, -0.2) is 37.2 Å². The number of nitrogens with zero attached hydrogens (tertiary/aromatic N) is 4. The molecule has 0 saturated heterocycles. The highest BCUT2D eigenvalue weighted by molar-refractivity contribution is 8.00. The number of methoxy groups -OCH3 is 1. The Morgan fingerprint density at radius 1 is 1.13 bits per heavy atom. The summed E-state index contributed by atoms with van der Waals surface area (Å²) in [4.78, 5) is 47.5. The van der Waals surface area contributed by atoms with Crippen molar-refractivity contribution in [3.63, 3.8) is 0 Å². The number of rotatable bonds is 7. The molecular formula is C22H26N4O4S. The zero-order valence-electron chi connectivity index (χ0n) is 18.5. The van der Waals surface area contributed by atoms with E-state index in [1.165, 1.54) is 23.4 Å². The van der Waals surface area contributed by atoms with Crippen LogP contribution in [0.25, 0.3) is 11.0 Å². The average Bonchev–Trinajstić information content (AvgIpc) is 2.74. The van der Waals surface area contributed by atoms with Gasteiger partial charge in [0.1, 0.15) is 22.0 Å². The SMILES string of the molecule is COc1ccc(C(=O)C(C)Sc2nc(C)nc3c2c(=O)n(C)c(=O)n3CC(C)C)cc1. The lowest BCUT2D eigenvalue weighted by molar-refractivity contribution is 0.0994. The number of aromatic nitrogens is 4. The maximum absolute atomic E-state index is 13.0. The van der Waals surface area contributed by atoms with E-state index in [-0.39, 0.29) is 17.1 Å². The van der Waals surface area contributed by atoms with E-state index in [1.54, 1.807) is 45.2 Å². The summed E-state index contributed by atoms with van der Waals surface area (Å²) in [6.45, 7) is 7.88. The monoisotopic (exact) mass is 442 g/mol. The van der Waals surface area contributed by atoms with Gasteiger partial charge in [-0.1, -0.05) is 25.6 Å². The van der Waals surface area contributed by atoms with Gasteiger partial charge < -0.3 is 4.74 Å². The first-order chi connectivity index (χ1) is 14.6. The highest BCUT2D eigenvalue weighted by Gasteiger charge is 2.23. The van der Waals surface area contributed by atoms with Crippen LogP contribution in [0.3, 0.4) is 0 Å². The largest absolute Gasteiger partial charge is 0.497 e. The minimum absolute atomic E-state index is 0.0932. The Bertz CT molecular complexity index is 1250. The fourth-order valence-corrected chi connectivity index (χ4v) is 4.33. The molecule has 164 valence electrons. The molecule has 31 heavy (non-hydrogen) atoms. The Balaban J connectivity index is 2.09. The molecule has 2 aromatic heterocycles. The van der Waals surface area contributed by atoms with Crippen molar-refractivity contribution >= 4 is 28.6 Å². The molecule has 2 heterocycles. The Morgan fingerprint density at radius 2 is 1.77 bits per heavy atom. The number of benzene rings is 1. The molecule has 1 aromatic carbocycles. The van der Waals surface area contributed by atoms with Gasteiger partial charge in [-0.25, -0.2) is 14.8 Å². The number of thioether (sulfide) groups is 1. The fraction of sp³-hybridized carbons (Fsp3) is 0.409. The summed E-state index contributed by atoms with van der Waals surface area (Å²) in [5, 5.41) is 0.156. The zero-order valence-corrected chi connectivity index (χ0v) is 19.3. The lowest BCUT2D eigenvalue weighted by atomic mass is 10.1. The number of Topliss-reactive ketones (excluding diaryl/α,β-unsaturated/α-hetero) is 1. The van der Waals surface area contributed by atoms with Crippen LogP contribution in [-0.2, 0) is 13.6 Å². The highest BCUT2D eigenvalue weighted by atomic mass is 32.2. The molecule has 0 fully saturated rings. The van der Waals surface area contributed by atoms with Gasteiger partial charge in [-0.05, 0) is 44.0 Å². The summed E-state index contributed by atoms with van der Waals surface area (Å²) < 4.78 is 7.72. The molecule has 9 heteroatoms. The Labute approximate surface area is 184 Å². The fourth-order valence-electron chi connectivity index (χ4n) is 3.27. The summed E-state index contributed by atoms with van der Waals surface area (Å²) >= 11 is 1.20. The molecule has 0 aliphatic rings. The van der Waals surface area contributed by atoms with Gasteiger partial charge in [0.2, 0.25) is 0 Å². The highest BCUT2D eigenvalue weighted by Crippen LogP contribution is 2.29. The molecule has 0 saturated carbocycles. The minimum atomic E-state index is -0.499. The van der Waals surface area contributed by atoms with Crippen molar-refractivity contribution in [1.29, 1.82) is 0 Å². The molecule has 1 unspecified atom stereocenters. The van der Waals surface area contributed by atoms with Gasteiger partial charge in [-0.3, -0.25) is 18.7 Å². The first kappa shape index (κ1) is 22.7. The van der Waals surface area contributed by atoms with Gasteiger partial charge in [0.25, 0.3) is 5.56 Å². The second-order valence-corrected chi connectivity index (χ2v) is 9.11. The summed E-state index contributed by atoms with van der Waals surface area (Å²) in [5.74, 6) is 1.19. The molecule has 0 N–H and O–H groups in total. The van der Waals surface area contributed by atoms with Gasteiger partial charge in [0.05, 0.1) is 12.4 Å². The van der Waals surface area contributed by atoms with Gasteiger partial charge in [0, 0.05) is 19.2 Å². The molecule has 3 aromatic rings. The smallest absolute Gasteiger partial charge is 0.332 e. The Morgan fingerprint density at radius 3 is 2.35 bits per heavy atom. The molecule has 0 spiro atoms. The van der Waals surface area contributed by atoms with Crippen molar-refractivity contribution in [1.82, 2.24) is 19.1 Å². The first-order valence-electron chi connectivity index (χ1n) is 9.97. The number of hydrogen-bond acceptors (Lipinski definition) is 7. The van der Waals surface area contributed by atoms with Crippen LogP contribution >= 0.6 is 11.8 Å². The molecule has 0 radical (unpaired) electrons. The second-order valence-electron chi connectivity index (χ2n) is 7.78. The van der Waals surface area contributed by atoms with E-state index in [0.717, 1.165) is 4.57 Å². The summed E-state index contributed by atoms with van der Waals surface area (Å²) in [6, 6.07) is 6.88. The van der Waals surface area contributed by atoms with Crippen LogP contribution in [0.15, 0.2) is 38.9 Å². The average molecular weight is 443 g/mol. The Hall–Kier alpha value is -2.94. The molecule has 0 aliphatic carbocycles. The quantitative estimate of drug-likeness (QED) is 0.315. The van der Waals surface area contributed by atoms with Crippen molar-refractivity contribution in [3.8, 4) is 5.75 Å². The van der Waals surface area contributed by atoms with E-state index < -0.39 is 16.5 Å². The number of ketones is 1. The number of carbonyl (C=O) groups excluding carboxylic acids is 1. The van der Waals surface area contributed by atoms with Crippen LogP contribution in [0, 0.1) is 12.8 Å². The normalized spacial score (nSPS) is 12.4. The number of aryl methyl sites for hydroxylation is 1. The molecular weight excluding hydrogens is 416 g/mol. The van der Waals surface area contributed by atoms with Gasteiger partial charge in [-0.15, -0.1) is 0 Å². The third-order valence-electron chi connectivity index (χ3n) is 4.84. The molecule has 3 rings (SSSR count). The minimum Gasteiger partial charge on any atom is -0.497 e. The number of fused-ring (bicyclic) bond motifs is 1. The van der Waals surface area contributed by atoms with E-state index in [9.17, 15) is 14.4 Å². The first-order valence-corrected chi connectivity index (χ1v) is 10.8. The standard InChI is InChI=1S/C22H26N4O4S/c1-12(2)11-26-19-17(21(28)25(5)22(26)29)20(24-14(4)23-19)31-13(3)18(27)15-7-9-16(30-6)10-8-15/h7-10,12-13H,11H2,1-6H3. The molecule has 8 nitrogen and oxygen atoms in total. The van der Waals surface area contributed by atoms with E-state index in [2.05, 4.69) is 9.97 Å². The molecule has 1 atom stereocenters. The zero-order chi connectivity index (χ0) is 22.9. The van der Waals surface area contributed by atoms with E-state index >= 15 is 0 Å². The van der Waals surface area contributed by atoms with E-state index in [0.29, 0.717) is 34.4 Å². The third-order valence-corrected chi connectivity index (χ3v) is 5.93. The molecule has 0 bridgehead atoms. The predicted octanol–water partition coefficient (Wildman–Crippen LogP) is 2.83. The lowest BCUT2D eigenvalue weighted by Gasteiger charge is -2.16. The van der Waals surface area contributed by atoms with Gasteiger partial charge >= 0.3 is 5.69 Å². The van der Waals surface area contributed by atoms with Crippen LogP contribution in [0.1, 0.15) is 37.0 Å². The summed E-state index contributed by atoms with van der Waals surface area (Å²) in [6.07, 6.45) is 0. The van der Waals surface area contributed by atoms with Crippen LogP contribution in [0.4, 0.5) is 0 Å². The maximum Gasteiger partial charge on any atom is 0.332 e. The van der Waals surface area contributed by atoms with Crippen molar-refractivity contribution in [2.75, 3.05) is 7.11 Å². The van der Waals surface area contributed by atoms with Crippen LogP contribution in [0.2, 0.25) is 0 Å². The van der Waals surface area contributed by atoms with E-state index in [4.69, 9.17) is 4.74 Å². The molecule has 0 aliphatic heterocycles. The number of ether oxygens (including phenoxy) is 1. The van der Waals surface area contributed by atoms with Crippen LogP contribution < -0.4 is 16.0 Å². The van der Waals surface area contributed by atoms with Crippen LogP contribution in [0.5, 0.6) is 5.75 Å². The number of carbonyl (C=O) groups is 1. The van der Waals surface area contributed by atoms with Gasteiger partial charge in [0.15, 0.2) is 11.4 Å². The van der Waals surface area contributed by atoms with Gasteiger partial charge in [-0.2, -0.15) is 0 Å². The second kappa shape index (κ2) is 9.05. The summed E-state index contributed by atoms with van der Waals surface area (Å²) in [5.41, 5.74) is -0.0318. The van der Waals surface area contributed by atoms with Crippen molar-refractivity contribution in [3.05, 3.63) is 56.5 Å². The number of hydrogen-bond donors (Lipinski definition) is 0. The molecule has 0 amide bonds.